The molecule has 0 heterocycles. The van der Waals surface area contributed by atoms with Crippen LogP contribution in [0.2, 0.25) is 0 Å². The van der Waals surface area contributed by atoms with Gasteiger partial charge < -0.3 is 0 Å². The highest BCUT2D eigenvalue weighted by molar-refractivity contribution is 9.15. The molecule has 0 aliphatic carbocycles. The van der Waals surface area contributed by atoms with E-state index in [2.05, 4.69) is 15.9 Å². The van der Waals surface area contributed by atoms with Gasteiger partial charge >= 0.3 is 0 Å². The lowest BCUT2D eigenvalue weighted by Gasteiger charge is -1.96. The average Bonchev–Trinajstić information content (AvgIpc) is 2.49. The average molecular weight is 313 g/mol. The molecule has 0 atom stereocenters. The van der Waals surface area contributed by atoms with Crippen LogP contribution in [-0.4, -0.2) is 5.78 Å². The van der Waals surface area contributed by atoms with Crippen LogP contribution < -0.4 is 0 Å². The van der Waals surface area contributed by atoms with Crippen molar-refractivity contribution in [2.45, 2.75) is 0 Å². The molecule has 0 N–H and O–H groups in total. The zero-order chi connectivity index (χ0) is 13.5. The summed E-state index contributed by atoms with van der Waals surface area (Å²) in [5, 5.41) is 0. The van der Waals surface area contributed by atoms with Gasteiger partial charge in [0.15, 0.2) is 5.78 Å². The van der Waals surface area contributed by atoms with Crippen molar-refractivity contribution in [2.24, 2.45) is 0 Å². The minimum Gasteiger partial charge on any atom is -0.289 e. The van der Waals surface area contributed by atoms with E-state index in [9.17, 15) is 4.79 Å². The molecular formula is C17H13BrO. The van der Waals surface area contributed by atoms with Crippen molar-refractivity contribution >= 4 is 26.2 Å². The maximum Gasteiger partial charge on any atom is 0.185 e. The Labute approximate surface area is 121 Å². The molecule has 0 aromatic heterocycles. The molecule has 2 aromatic carbocycles. The minimum atomic E-state index is 0.00483. The number of hydrogen-bond acceptors (Lipinski definition) is 1. The predicted octanol–water partition coefficient (Wildman–Crippen LogP) is 4.86. The van der Waals surface area contributed by atoms with Crippen LogP contribution in [0.25, 0.3) is 4.48 Å². The lowest BCUT2D eigenvalue weighted by atomic mass is 10.1. The number of benzene rings is 2. The van der Waals surface area contributed by atoms with Crippen molar-refractivity contribution in [2.75, 3.05) is 0 Å². The Morgan fingerprint density at radius 2 is 1.37 bits per heavy atom. The number of rotatable bonds is 4. The second kappa shape index (κ2) is 6.86. The smallest absolute Gasteiger partial charge is 0.185 e. The molecule has 0 aliphatic rings. The molecule has 0 amide bonds. The zero-order valence-electron chi connectivity index (χ0n) is 10.3. The van der Waals surface area contributed by atoms with Gasteiger partial charge in [-0.1, -0.05) is 82.7 Å². The van der Waals surface area contributed by atoms with Crippen LogP contribution >= 0.6 is 15.9 Å². The van der Waals surface area contributed by atoms with Crippen LogP contribution in [0.4, 0.5) is 0 Å². The molecule has 19 heavy (non-hydrogen) atoms. The first-order valence-corrected chi connectivity index (χ1v) is 6.75. The first-order chi connectivity index (χ1) is 9.27. The molecule has 2 rings (SSSR count). The number of carbonyl (C=O) groups excluding carboxylic acids is 1. The van der Waals surface area contributed by atoms with E-state index in [4.69, 9.17) is 0 Å². The first-order valence-electron chi connectivity index (χ1n) is 5.96. The normalized spacial score (nSPS) is 11.7. The van der Waals surface area contributed by atoms with Gasteiger partial charge in [-0.05, 0) is 17.7 Å². The highest BCUT2D eigenvalue weighted by atomic mass is 79.9. The van der Waals surface area contributed by atoms with Crippen molar-refractivity contribution in [3.05, 3.63) is 90.0 Å². The summed E-state index contributed by atoms with van der Waals surface area (Å²) in [6, 6.07) is 19.2. The molecule has 1 nitrogen and oxygen atoms in total. The van der Waals surface area contributed by atoms with E-state index in [1.54, 1.807) is 12.2 Å². The van der Waals surface area contributed by atoms with Gasteiger partial charge in [-0.15, -0.1) is 0 Å². The summed E-state index contributed by atoms with van der Waals surface area (Å²) in [7, 11) is 0. The van der Waals surface area contributed by atoms with Crippen molar-refractivity contribution in [3.8, 4) is 0 Å². The quantitative estimate of drug-likeness (QED) is 0.447. The summed E-state index contributed by atoms with van der Waals surface area (Å²) in [6.07, 6.45) is 5.20. The third-order valence-corrected chi connectivity index (χ3v) is 3.32. The first kappa shape index (κ1) is 13.5. The topological polar surface area (TPSA) is 17.1 Å². The Hall–Kier alpha value is -1.93. The standard InChI is InChI=1S/C17H13BrO/c18-16(14-8-3-1-4-9-14)12-7-13-17(19)15-10-5-2-6-11-15/h1-13H/b13-7+,16-12-. The second-order valence-corrected chi connectivity index (χ2v) is 4.82. The van der Waals surface area contributed by atoms with Crippen LogP contribution in [-0.2, 0) is 0 Å². The maximum atomic E-state index is 11.8. The molecular weight excluding hydrogens is 300 g/mol. The lowest BCUT2D eigenvalue weighted by Crippen LogP contribution is -1.92. The van der Waals surface area contributed by atoms with Crippen molar-refractivity contribution in [1.82, 2.24) is 0 Å². The number of allylic oxidation sites excluding steroid dienone is 3. The molecule has 0 aliphatic heterocycles. The van der Waals surface area contributed by atoms with Crippen LogP contribution in [0.1, 0.15) is 15.9 Å². The minimum absolute atomic E-state index is 0.00483. The Bertz CT molecular complexity index is 598. The SMILES string of the molecule is O=C(/C=C/C=C(\Br)c1ccccc1)c1ccccc1. The Balaban J connectivity index is 2.06. The molecule has 0 unspecified atom stereocenters. The molecule has 0 saturated carbocycles. The molecule has 94 valence electrons. The monoisotopic (exact) mass is 312 g/mol. The van der Waals surface area contributed by atoms with Crippen LogP contribution in [0.5, 0.6) is 0 Å². The van der Waals surface area contributed by atoms with E-state index in [-0.39, 0.29) is 5.78 Å². The fourth-order valence-electron chi connectivity index (χ4n) is 1.61. The van der Waals surface area contributed by atoms with Gasteiger partial charge in [0.2, 0.25) is 0 Å². The van der Waals surface area contributed by atoms with E-state index in [0.29, 0.717) is 5.56 Å². The highest BCUT2D eigenvalue weighted by Gasteiger charge is 1.98. The number of ketones is 1. The molecule has 2 aromatic rings. The zero-order valence-corrected chi connectivity index (χ0v) is 11.9. The van der Waals surface area contributed by atoms with Gasteiger partial charge in [0.1, 0.15) is 0 Å². The van der Waals surface area contributed by atoms with Gasteiger partial charge in [-0.25, -0.2) is 0 Å². The van der Waals surface area contributed by atoms with E-state index < -0.39 is 0 Å². The largest absolute Gasteiger partial charge is 0.289 e. The Kier molecular flexibility index (Phi) is 4.87. The van der Waals surface area contributed by atoms with Gasteiger partial charge in [0.25, 0.3) is 0 Å². The van der Waals surface area contributed by atoms with E-state index in [0.717, 1.165) is 10.0 Å². The van der Waals surface area contributed by atoms with Gasteiger partial charge in [0, 0.05) is 10.0 Å². The number of halogens is 1. The van der Waals surface area contributed by atoms with Crippen molar-refractivity contribution in [3.63, 3.8) is 0 Å². The Morgan fingerprint density at radius 1 is 0.842 bits per heavy atom. The summed E-state index contributed by atoms with van der Waals surface area (Å²) in [6.45, 7) is 0. The highest BCUT2D eigenvalue weighted by Crippen LogP contribution is 2.20. The van der Waals surface area contributed by atoms with Crippen molar-refractivity contribution in [1.29, 1.82) is 0 Å². The third kappa shape index (κ3) is 4.04. The summed E-state index contributed by atoms with van der Waals surface area (Å²) >= 11 is 3.49. The molecule has 0 spiro atoms. The summed E-state index contributed by atoms with van der Waals surface area (Å²) in [4.78, 5) is 11.8. The molecule has 2 heteroatoms. The maximum absolute atomic E-state index is 11.8. The number of carbonyl (C=O) groups is 1. The van der Waals surface area contributed by atoms with E-state index in [1.807, 2.05) is 66.7 Å². The van der Waals surface area contributed by atoms with Gasteiger partial charge in [0.05, 0.1) is 0 Å². The summed E-state index contributed by atoms with van der Waals surface area (Å²) in [5.74, 6) is 0.00483. The van der Waals surface area contributed by atoms with Gasteiger partial charge in [-0.3, -0.25) is 4.79 Å². The molecule has 0 radical (unpaired) electrons. The molecule has 0 fully saturated rings. The lowest BCUT2D eigenvalue weighted by molar-refractivity contribution is 0.104. The van der Waals surface area contributed by atoms with Crippen molar-refractivity contribution < 1.29 is 4.79 Å². The molecule has 0 bridgehead atoms. The summed E-state index contributed by atoms with van der Waals surface area (Å²) < 4.78 is 0.949. The van der Waals surface area contributed by atoms with E-state index in [1.165, 1.54) is 0 Å². The van der Waals surface area contributed by atoms with Crippen LogP contribution in [0.15, 0.2) is 78.9 Å². The van der Waals surface area contributed by atoms with Gasteiger partial charge in [-0.2, -0.15) is 0 Å². The molecule has 0 saturated heterocycles. The van der Waals surface area contributed by atoms with Crippen LogP contribution in [0, 0.1) is 0 Å². The Morgan fingerprint density at radius 3 is 1.95 bits per heavy atom. The third-order valence-electron chi connectivity index (χ3n) is 2.60. The summed E-state index contributed by atoms with van der Waals surface area (Å²) in [5.41, 5.74) is 1.78. The van der Waals surface area contributed by atoms with E-state index >= 15 is 0 Å². The fraction of sp³-hybridized carbons (Fsp3) is 0. The number of hydrogen-bond donors (Lipinski definition) is 0. The van der Waals surface area contributed by atoms with Crippen LogP contribution in [0.3, 0.4) is 0 Å². The second-order valence-electron chi connectivity index (χ2n) is 3.97. The fourth-order valence-corrected chi connectivity index (χ4v) is 2.03. The predicted molar refractivity (Wildman–Crippen MR) is 83.3 cm³/mol.